The number of amides is 1. The van der Waals surface area contributed by atoms with Crippen LogP contribution in [0.5, 0.6) is 0 Å². The molecule has 0 spiro atoms. The van der Waals surface area contributed by atoms with E-state index in [0.29, 0.717) is 6.42 Å². The summed E-state index contributed by atoms with van der Waals surface area (Å²) in [4.78, 5) is 12.1. The van der Waals surface area contributed by atoms with Gasteiger partial charge in [0.05, 0.1) is 5.54 Å². The molecule has 0 aliphatic carbocycles. The lowest BCUT2D eigenvalue weighted by molar-refractivity contribution is -0.120. The average molecular weight is 248 g/mol. The molecule has 0 aliphatic rings. The van der Waals surface area contributed by atoms with E-state index in [1.54, 1.807) is 6.92 Å². The topological polar surface area (TPSA) is 55.1 Å². The highest BCUT2D eigenvalue weighted by atomic mass is 16.2. The molecule has 0 radical (unpaired) electrons. The fraction of sp³-hybridized carbons (Fsp3) is 0.533. The van der Waals surface area contributed by atoms with Crippen molar-refractivity contribution < 1.29 is 4.79 Å². The molecule has 0 fully saturated rings. The normalized spacial score (nSPS) is 14.1. The van der Waals surface area contributed by atoms with Crippen LogP contribution in [-0.2, 0) is 11.2 Å². The Balaban J connectivity index is 2.82. The Hall–Kier alpha value is -1.35. The number of rotatable bonds is 5. The van der Waals surface area contributed by atoms with Gasteiger partial charge in [0.15, 0.2) is 0 Å². The maximum absolute atomic E-state index is 12.1. The summed E-state index contributed by atoms with van der Waals surface area (Å²) < 4.78 is 0. The van der Waals surface area contributed by atoms with E-state index in [-0.39, 0.29) is 5.91 Å². The summed E-state index contributed by atoms with van der Waals surface area (Å²) in [5.74, 6) is -0.116. The second-order valence-corrected chi connectivity index (χ2v) is 5.12. The predicted octanol–water partition coefficient (Wildman–Crippen LogP) is 3.01. The van der Waals surface area contributed by atoms with Crippen molar-refractivity contribution in [2.24, 2.45) is 5.73 Å². The highest BCUT2D eigenvalue weighted by molar-refractivity contribution is 5.97. The number of hydrogen-bond donors (Lipinski definition) is 2. The van der Waals surface area contributed by atoms with Crippen molar-refractivity contribution in [2.75, 3.05) is 5.32 Å². The molecule has 18 heavy (non-hydrogen) atoms. The summed E-state index contributed by atoms with van der Waals surface area (Å²) in [6.45, 7) is 7.99. The number of nitrogens with one attached hydrogen (secondary N) is 1. The minimum Gasteiger partial charge on any atom is -0.324 e. The third-order valence-electron chi connectivity index (χ3n) is 3.28. The largest absolute Gasteiger partial charge is 0.324 e. The lowest BCUT2D eigenvalue weighted by atomic mass is 9.96. The number of carbonyl (C=O) groups excluding carboxylic acids is 1. The van der Waals surface area contributed by atoms with Gasteiger partial charge in [-0.3, -0.25) is 4.79 Å². The van der Waals surface area contributed by atoms with E-state index in [9.17, 15) is 4.79 Å². The molecule has 1 atom stereocenters. The van der Waals surface area contributed by atoms with E-state index in [1.165, 1.54) is 11.1 Å². The quantitative estimate of drug-likeness (QED) is 0.841. The number of nitrogens with two attached hydrogens (primary N) is 1. The van der Waals surface area contributed by atoms with Gasteiger partial charge in [0, 0.05) is 5.69 Å². The smallest absolute Gasteiger partial charge is 0.244 e. The van der Waals surface area contributed by atoms with Gasteiger partial charge in [0.2, 0.25) is 5.91 Å². The molecule has 100 valence electrons. The van der Waals surface area contributed by atoms with Crippen LogP contribution in [0.3, 0.4) is 0 Å². The standard InChI is InChI=1S/C15H24N2O/c1-5-9-15(4,16)14(18)17-13-8-7-11(3)12(6-2)10-13/h7-8,10H,5-6,9,16H2,1-4H3,(H,17,18). The number of benzene rings is 1. The molecule has 1 amide bonds. The van der Waals surface area contributed by atoms with E-state index in [4.69, 9.17) is 5.73 Å². The van der Waals surface area contributed by atoms with Crippen molar-refractivity contribution in [1.29, 1.82) is 0 Å². The summed E-state index contributed by atoms with van der Waals surface area (Å²) in [6, 6.07) is 5.98. The summed E-state index contributed by atoms with van der Waals surface area (Å²) in [7, 11) is 0. The number of anilines is 1. The summed E-state index contributed by atoms with van der Waals surface area (Å²) in [5, 5.41) is 2.90. The van der Waals surface area contributed by atoms with Crippen LogP contribution in [-0.4, -0.2) is 11.4 Å². The van der Waals surface area contributed by atoms with Crippen molar-refractivity contribution in [3.05, 3.63) is 29.3 Å². The lowest BCUT2D eigenvalue weighted by Crippen LogP contribution is -2.48. The van der Waals surface area contributed by atoms with Gasteiger partial charge in [0.1, 0.15) is 0 Å². The molecular formula is C15H24N2O. The summed E-state index contributed by atoms with van der Waals surface area (Å²) in [5.41, 5.74) is 8.54. The molecule has 0 saturated heterocycles. The first-order chi connectivity index (χ1) is 8.40. The Kier molecular flexibility index (Phi) is 4.91. The van der Waals surface area contributed by atoms with Crippen LogP contribution in [0.25, 0.3) is 0 Å². The Morgan fingerprint density at radius 3 is 2.61 bits per heavy atom. The Morgan fingerprint density at radius 2 is 2.06 bits per heavy atom. The molecule has 1 rings (SSSR count). The molecule has 3 heteroatoms. The lowest BCUT2D eigenvalue weighted by Gasteiger charge is -2.23. The molecule has 0 bridgehead atoms. The summed E-state index contributed by atoms with van der Waals surface area (Å²) >= 11 is 0. The second kappa shape index (κ2) is 6.01. The van der Waals surface area contributed by atoms with E-state index in [0.717, 1.165) is 18.5 Å². The Morgan fingerprint density at radius 1 is 1.39 bits per heavy atom. The zero-order chi connectivity index (χ0) is 13.8. The molecule has 3 nitrogen and oxygen atoms in total. The van der Waals surface area contributed by atoms with Gasteiger partial charge in [-0.1, -0.05) is 26.3 Å². The third kappa shape index (κ3) is 3.57. The maximum atomic E-state index is 12.1. The van der Waals surface area contributed by atoms with E-state index >= 15 is 0 Å². The number of hydrogen-bond acceptors (Lipinski definition) is 2. The molecule has 0 saturated carbocycles. The third-order valence-corrected chi connectivity index (χ3v) is 3.28. The number of carbonyl (C=O) groups is 1. The molecule has 0 aromatic heterocycles. The molecule has 1 aromatic carbocycles. The van der Waals surface area contributed by atoms with Crippen molar-refractivity contribution in [1.82, 2.24) is 0 Å². The highest BCUT2D eigenvalue weighted by Crippen LogP contribution is 2.18. The van der Waals surface area contributed by atoms with Crippen molar-refractivity contribution in [2.45, 2.75) is 52.5 Å². The average Bonchev–Trinajstić information content (AvgIpc) is 2.31. The minimum absolute atomic E-state index is 0.116. The van der Waals surface area contributed by atoms with Crippen molar-refractivity contribution in [3.63, 3.8) is 0 Å². The second-order valence-electron chi connectivity index (χ2n) is 5.12. The van der Waals surface area contributed by atoms with Crippen LogP contribution in [0.15, 0.2) is 18.2 Å². The first-order valence-electron chi connectivity index (χ1n) is 6.60. The van der Waals surface area contributed by atoms with E-state index in [2.05, 4.69) is 19.2 Å². The van der Waals surface area contributed by atoms with Gasteiger partial charge in [-0.25, -0.2) is 0 Å². The van der Waals surface area contributed by atoms with E-state index in [1.807, 2.05) is 25.1 Å². The first-order valence-corrected chi connectivity index (χ1v) is 6.60. The fourth-order valence-electron chi connectivity index (χ4n) is 2.04. The fourth-order valence-corrected chi connectivity index (χ4v) is 2.04. The minimum atomic E-state index is -0.800. The number of aryl methyl sites for hydroxylation is 2. The van der Waals surface area contributed by atoms with Gasteiger partial charge in [0.25, 0.3) is 0 Å². The zero-order valence-electron chi connectivity index (χ0n) is 11.8. The Labute approximate surface area is 110 Å². The maximum Gasteiger partial charge on any atom is 0.244 e. The van der Waals surface area contributed by atoms with Gasteiger partial charge in [-0.15, -0.1) is 0 Å². The first kappa shape index (κ1) is 14.7. The van der Waals surface area contributed by atoms with Crippen LogP contribution in [0.1, 0.15) is 44.7 Å². The zero-order valence-corrected chi connectivity index (χ0v) is 11.8. The summed E-state index contributed by atoms with van der Waals surface area (Å²) in [6.07, 6.45) is 2.55. The molecule has 0 aliphatic heterocycles. The molecule has 1 unspecified atom stereocenters. The van der Waals surface area contributed by atoms with Crippen LogP contribution in [0.2, 0.25) is 0 Å². The van der Waals surface area contributed by atoms with Gasteiger partial charge >= 0.3 is 0 Å². The van der Waals surface area contributed by atoms with Crippen molar-refractivity contribution >= 4 is 11.6 Å². The molecule has 3 N–H and O–H groups in total. The predicted molar refractivity (Wildman–Crippen MR) is 76.7 cm³/mol. The van der Waals surface area contributed by atoms with Crippen LogP contribution >= 0.6 is 0 Å². The molecule has 1 aromatic rings. The van der Waals surface area contributed by atoms with Gasteiger partial charge in [-0.2, -0.15) is 0 Å². The van der Waals surface area contributed by atoms with Gasteiger partial charge in [-0.05, 0) is 49.9 Å². The molecular weight excluding hydrogens is 224 g/mol. The highest BCUT2D eigenvalue weighted by Gasteiger charge is 2.27. The molecule has 0 heterocycles. The Bertz CT molecular complexity index is 425. The van der Waals surface area contributed by atoms with Crippen molar-refractivity contribution in [3.8, 4) is 0 Å². The van der Waals surface area contributed by atoms with Gasteiger partial charge < -0.3 is 11.1 Å². The van der Waals surface area contributed by atoms with Crippen LogP contribution in [0.4, 0.5) is 5.69 Å². The monoisotopic (exact) mass is 248 g/mol. The SMILES string of the molecule is CCCC(C)(N)C(=O)Nc1ccc(C)c(CC)c1. The van der Waals surface area contributed by atoms with Crippen LogP contribution < -0.4 is 11.1 Å². The van der Waals surface area contributed by atoms with Crippen LogP contribution in [0, 0.1) is 6.92 Å². The van der Waals surface area contributed by atoms with E-state index < -0.39 is 5.54 Å².